The topological polar surface area (TPSA) is 0 Å². The van der Waals surface area contributed by atoms with Gasteiger partial charge in [0.2, 0.25) is 0 Å². The van der Waals surface area contributed by atoms with Gasteiger partial charge in [-0.3, -0.25) is 6.08 Å². The van der Waals surface area contributed by atoms with Gasteiger partial charge in [0.25, 0.3) is 0 Å². The maximum Gasteiger partial charge on any atom is -0.0253 e. The predicted octanol–water partition coefficient (Wildman–Crippen LogP) is -0.103. The van der Waals surface area contributed by atoms with Crippen LogP contribution in [0.2, 0.25) is 0 Å². The van der Waals surface area contributed by atoms with Crippen molar-refractivity contribution in [3.8, 4) is 11.1 Å². The minimum Gasteiger partial charge on any atom is -1.00 e. The molecule has 26 heavy (non-hydrogen) atoms. The second-order valence-corrected chi connectivity index (χ2v) is 7.62. The van der Waals surface area contributed by atoms with Crippen LogP contribution in [0.4, 0.5) is 0 Å². The zero-order chi connectivity index (χ0) is 17.4. The van der Waals surface area contributed by atoms with E-state index < -0.39 is 0 Å². The zero-order valence-corrected chi connectivity index (χ0v) is 18.6. The van der Waals surface area contributed by atoms with Gasteiger partial charge in [-0.05, 0) is 6.42 Å². The Balaban J connectivity index is 0.000000415. The predicted molar refractivity (Wildman–Crippen MR) is 101 cm³/mol. The second-order valence-electron chi connectivity index (χ2n) is 6.06. The summed E-state index contributed by atoms with van der Waals surface area (Å²) in [6.07, 6.45) is 10.7. The van der Waals surface area contributed by atoms with Gasteiger partial charge in [0.1, 0.15) is 0 Å². The minimum atomic E-state index is 0. The average molecular weight is 419 g/mol. The summed E-state index contributed by atoms with van der Waals surface area (Å²) in [5.41, 5.74) is 6.87. The first-order chi connectivity index (χ1) is 11.6. The number of halogens is 2. The minimum absolute atomic E-state index is 0. The number of benzene rings is 2. The van der Waals surface area contributed by atoms with Crippen molar-refractivity contribution in [2.45, 2.75) is 40.0 Å². The van der Waals surface area contributed by atoms with Crippen LogP contribution < -0.4 is 24.8 Å². The fourth-order valence-corrected chi connectivity index (χ4v) is 2.69. The van der Waals surface area contributed by atoms with Crippen LogP contribution in [0, 0.1) is 12.1 Å². The molecule has 0 spiro atoms. The van der Waals surface area contributed by atoms with Gasteiger partial charge in [0.05, 0.1) is 0 Å². The van der Waals surface area contributed by atoms with Crippen LogP contribution in [0.25, 0.3) is 11.1 Å². The van der Waals surface area contributed by atoms with E-state index in [-0.39, 0.29) is 24.8 Å². The quantitative estimate of drug-likeness (QED) is 0.382. The number of fused-ring (bicyclic) bond motifs is 3. The molecular formula is C23H24Cl2Ti-2. The van der Waals surface area contributed by atoms with Gasteiger partial charge in [0, 0.05) is 0 Å². The summed E-state index contributed by atoms with van der Waals surface area (Å²) in [4.78, 5) is 0. The van der Waals surface area contributed by atoms with E-state index in [1.54, 1.807) is 0 Å². The molecule has 0 unspecified atom stereocenters. The van der Waals surface area contributed by atoms with Crippen LogP contribution in [-0.2, 0) is 26.4 Å². The van der Waals surface area contributed by atoms with Crippen molar-refractivity contribution in [3.05, 3.63) is 83.5 Å². The van der Waals surface area contributed by atoms with Crippen LogP contribution in [-0.4, -0.2) is 3.81 Å². The molecule has 0 atom stereocenters. The van der Waals surface area contributed by atoms with E-state index in [9.17, 15) is 0 Å². The molecule has 0 bridgehead atoms. The molecule has 0 aliphatic heterocycles. The van der Waals surface area contributed by atoms with Crippen molar-refractivity contribution in [2.75, 3.05) is 0 Å². The first-order valence-corrected chi connectivity index (χ1v) is 9.25. The van der Waals surface area contributed by atoms with Crippen molar-refractivity contribution in [3.63, 3.8) is 0 Å². The Hall–Kier alpha value is -0.916. The molecule has 2 aromatic rings. The van der Waals surface area contributed by atoms with E-state index in [1.165, 1.54) is 31.6 Å². The molecule has 0 saturated carbocycles. The molecule has 0 radical (unpaired) electrons. The van der Waals surface area contributed by atoms with E-state index in [0.717, 1.165) is 19.3 Å². The third-order valence-corrected chi connectivity index (χ3v) is 3.76. The summed E-state index contributed by atoms with van der Waals surface area (Å²) >= 11 is 2.08. The Morgan fingerprint density at radius 3 is 2.27 bits per heavy atom. The summed E-state index contributed by atoms with van der Waals surface area (Å²) in [7, 11) is 0. The van der Waals surface area contributed by atoms with Crippen LogP contribution in [0.15, 0.2) is 60.2 Å². The largest absolute Gasteiger partial charge is 1.00 e. The molecule has 0 saturated heterocycles. The molecular weight excluding hydrogens is 395 g/mol. The number of hydrogen-bond acceptors (Lipinski definition) is 0. The molecule has 0 aromatic heterocycles. The molecule has 0 fully saturated rings. The van der Waals surface area contributed by atoms with Gasteiger partial charge in [-0.1, -0.05) is 48.7 Å². The first-order valence-electron chi connectivity index (χ1n) is 8.47. The Kier molecular flexibility index (Phi) is 12.8. The molecule has 0 amide bonds. The molecule has 2 aromatic carbocycles. The normalized spacial score (nSPS) is 12.0. The Morgan fingerprint density at radius 1 is 1.04 bits per heavy atom. The summed E-state index contributed by atoms with van der Waals surface area (Å²) in [6, 6.07) is 18.1. The van der Waals surface area contributed by atoms with E-state index in [0.29, 0.717) is 0 Å². The molecule has 0 heterocycles. The number of allylic oxidation sites excluding steroid dienone is 4. The van der Waals surface area contributed by atoms with E-state index >= 15 is 0 Å². The molecule has 0 N–H and O–H groups in total. The van der Waals surface area contributed by atoms with Gasteiger partial charge in [-0.2, -0.15) is 35.9 Å². The zero-order valence-electron chi connectivity index (χ0n) is 15.6. The van der Waals surface area contributed by atoms with Crippen molar-refractivity contribution >= 4 is 3.81 Å². The molecule has 0 nitrogen and oxygen atoms in total. The summed E-state index contributed by atoms with van der Waals surface area (Å²) < 4.78 is 1.42. The van der Waals surface area contributed by atoms with Crippen LogP contribution in [0.3, 0.4) is 0 Å². The Bertz CT molecular complexity index is 713. The van der Waals surface area contributed by atoms with Crippen LogP contribution in [0.1, 0.15) is 44.7 Å². The van der Waals surface area contributed by atoms with Crippen molar-refractivity contribution in [1.82, 2.24) is 0 Å². The van der Waals surface area contributed by atoms with Gasteiger partial charge in [0.15, 0.2) is 0 Å². The molecule has 136 valence electrons. The SMILES string of the molecule is CCC1=[C-]CC=C1.C[C](C)=[Ti+2].[Cl-].[Cl-].[c-]1cccc2c1Cc1ccccc1-2. The van der Waals surface area contributed by atoms with Crippen molar-refractivity contribution < 1.29 is 44.8 Å². The summed E-state index contributed by atoms with van der Waals surface area (Å²) in [5, 5.41) is 0. The van der Waals surface area contributed by atoms with Crippen molar-refractivity contribution in [2.24, 2.45) is 0 Å². The summed E-state index contributed by atoms with van der Waals surface area (Å²) in [6.45, 7) is 6.32. The van der Waals surface area contributed by atoms with E-state index in [2.05, 4.69) is 101 Å². The Morgan fingerprint density at radius 2 is 1.69 bits per heavy atom. The standard InChI is InChI=1S/C13H9.C7H9.C3H6.2ClH.Ti/c1-3-7-12-10(5-1)9-11-6-2-4-8-13(11)12;1-2-7-5-3-4-6-7;1-3-2;;;/h1-5,7-8H,9H2;3,5H,2,4H2,1H3;1-2H3;2*1H;/q2*-1;;;;+2/p-2. The number of hydrogen-bond donors (Lipinski definition) is 0. The van der Waals surface area contributed by atoms with Gasteiger partial charge in [-0.25, -0.2) is 11.6 Å². The van der Waals surface area contributed by atoms with E-state index in [4.69, 9.17) is 0 Å². The van der Waals surface area contributed by atoms with E-state index in [1.807, 2.05) is 6.07 Å². The summed E-state index contributed by atoms with van der Waals surface area (Å²) in [5.74, 6) is 0. The maximum atomic E-state index is 3.30. The van der Waals surface area contributed by atoms with Gasteiger partial charge in [-0.15, -0.1) is 12.0 Å². The monoisotopic (exact) mass is 418 g/mol. The molecule has 4 rings (SSSR count). The third kappa shape index (κ3) is 7.76. The molecule has 3 heteroatoms. The first kappa shape index (κ1) is 25.1. The van der Waals surface area contributed by atoms with Crippen LogP contribution in [0.5, 0.6) is 0 Å². The fourth-order valence-electron chi connectivity index (χ4n) is 2.69. The van der Waals surface area contributed by atoms with Gasteiger partial charge < -0.3 is 24.8 Å². The fraction of sp³-hybridized carbons (Fsp3) is 0.261. The van der Waals surface area contributed by atoms with Crippen LogP contribution >= 0.6 is 0 Å². The smallest absolute Gasteiger partial charge is 0.0253 e. The maximum absolute atomic E-state index is 3.30. The molecule has 2 aliphatic carbocycles. The molecule has 2 aliphatic rings. The second kappa shape index (κ2) is 13.3. The average Bonchev–Trinajstić information content (AvgIpc) is 3.22. The van der Waals surface area contributed by atoms with Crippen molar-refractivity contribution in [1.29, 1.82) is 0 Å². The number of rotatable bonds is 1. The van der Waals surface area contributed by atoms with Gasteiger partial charge >= 0.3 is 37.6 Å². The Labute approximate surface area is 182 Å². The third-order valence-electron chi connectivity index (χ3n) is 3.76.